The number of rotatable bonds is 7. The summed E-state index contributed by atoms with van der Waals surface area (Å²) in [7, 11) is 2.10. The van der Waals surface area contributed by atoms with Gasteiger partial charge in [-0.25, -0.2) is 0 Å². The summed E-state index contributed by atoms with van der Waals surface area (Å²) in [5, 5.41) is 8.12. The van der Waals surface area contributed by atoms with Gasteiger partial charge in [-0.3, -0.25) is 4.68 Å². The van der Waals surface area contributed by atoms with E-state index in [2.05, 4.69) is 51.9 Å². The number of likely N-dealkylation sites (N-methyl/N-ethyl adjacent to an activating group) is 1. The molecule has 1 fully saturated rings. The third-order valence-electron chi connectivity index (χ3n) is 4.95. The summed E-state index contributed by atoms with van der Waals surface area (Å²) in [5.74, 6) is 0.968. The number of halogens is 1. The van der Waals surface area contributed by atoms with Crippen molar-refractivity contribution in [3.05, 3.63) is 15.9 Å². The molecule has 1 atom stereocenters. The Labute approximate surface area is 138 Å². The van der Waals surface area contributed by atoms with Crippen molar-refractivity contribution in [2.45, 2.75) is 77.8 Å². The summed E-state index contributed by atoms with van der Waals surface area (Å²) in [6, 6.07) is 0.560. The van der Waals surface area contributed by atoms with Crippen molar-refractivity contribution >= 4 is 15.9 Å². The van der Waals surface area contributed by atoms with Crippen molar-refractivity contribution in [1.29, 1.82) is 0 Å². The molecule has 1 aromatic rings. The van der Waals surface area contributed by atoms with E-state index in [0.29, 0.717) is 6.04 Å². The maximum atomic E-state index is 4.61. The highest BCUT2D eigenvalue weighted by molar-refractivity contribution is 9.10. The van der Waals surface area contributed by atoms with Gasteiger partial charge in [0.05, 0.1) is 15.9 Å². The molecule has 1 aliphatic rings. The van der Waals surface area contributed by atoms with E-state index in [1.807, 2.05) is 0 Å². The van der Waals surface area contributed by atoms with E-state index in [4.69, 9.17) is 0 Å². The number of nitrogens with zero attached hydrogens (tertiary/aromatic N) is 2. The van der Waals surface area contributed by atoms with Crippen LogP contribution in [0.4, 0.5) is 0 Å². The predicted octanol–water partition coefficient (Wildman–Crippen LogP) is 4.46. The second-order valence-corrected chi connectivity index (χ2v) is 7.23. The van der Waals surface area contributed by atoms with Gasteiger partial charge in [-0.05, 0) is 55.6 Å². The Bertz CT molecular complexity index is 435. The van der Waals surface area contributed by atoms with Gasteiger partial charge in [0.15, 0.2) is 0 Å². The summed E-state index contributed by atoms with van der Waals surface area (Å²) >= 11 is 3.72. The maximum absolute atomic E-state index is 4.61. The molecule has 1 heterocycles. The van der Waals surface area contributed by atoms with Gasteiger partial charge in [-0.1, -0.05) is 32.1 Å². The van der Waals surface area contributed by atoms with Gasteiger partial charge in [-0.15, -0.1) is 0 Å². The van der Waals surface area contributed by atoms with Crippen molar-refractivity contribution in [3.63, 3.8) is 0 Å². The molecule has 0 amide bonds. The molecule has 0 bridgehead atoms. The smallest absolute Gasteiger partial charge is 0.0738 e. The lowest BCUT2D eigenvalue weighted by Crippen LogP contribution is -2.29. The number of nitrogens with one attached hydrogen (secondary N) is 1. The van der Waals surface area contributed by atoms with Gasteiger partial charge in [0.1, 0.15) is 0 Å². The first-order chi connectivity index (χ1) is 10.2. The molecule has 0 aliphatic heterocycles. The monoisotopic (exact) mass is 355 g/mol. The summed E-state index contributed by atoms with van der Waals surface area (Å²) in [6.07, 6.45) is 11.0. The summed E-state index contributed by atoms with van der Waals surface area (Å²) in [5.41, 5.74) is 2.45. The molecule has 1 unspecified atom stereocenters. The zero-order valence-corrected chi connectivity index (χ0v) is 15.4. The second-order valence-electron chi connectivity index (χ2n) is 6.43. The van der Waals surface area contributed by atoms with Crippen LogP contribution in [0.3, 0.4) is 0 Å². The summed E-state index contributed by atoms with van der Waals surface area (Å²) in [6.45, 7) is 5.19. The Hall–Kier alpha value is -0.350. The topological polar surface area (TPSA) is 29.9 Å². The van der Waals surface area contributed by atoms with Crippen LogP contribution in [0.15, 0.2) is 4.47 Å². The molecular formula is C17H30BrN3. The minimum Gasteiger partial charge on any atom is -0.317 e. The van der Waals surface area contributed by atoms with E-state index in [-0.39, 0.29) is 0 Å². The lowest BCUT2D eigenvalue weighted by Gasteiger charge is -2.24. The van der Waals surface area contributed by atoms with Crippen LogP contribution in [0.25, 0.3) is 0 Å². The Morgan fingerprint density at radius 3 is 2.67 bits per heavy atom. The number of aryl methyl sites for hydroxylation is 2. The van der Waals surface area contributed by atoms with E-state index in [0.717, 1.165) is 24.6 Å². The van der Waals surface area contributed by atoms with E-state index >= 15 is 0 Å². The average Bonchev–Trinajstić information content (AvgIpc) is 2.79. The van der Waals surface area contributed by atoms with Crippen LogP contribution < -0.4 is 5.32 Å². The molecule has 4 heteroatoms. The Morgan fingerprint density at radius 1 is 1.33 bits per heavy atom. The molecule has 2 rings (SSSR count). The first kappa shape index (κ1) is 17.0. The summed E-state index contributed by atoms with van der Waals surface area (Å²) < 4.78 is 3.34. The largest absolute Gasteiger partial charge is 0.317 e. The lowest BCUT2D eigenvalue weighted by molar-refractivity contribution is 0.314. The van der Waals surface area contributed by atoms with Crippen LogP contribution in [-0.4, -0.2) is 22.9 Å². The van der Waals surface area contributed by atoms with Gasteiger partial charge in [0.25, 0.3) is 0 Å². The quantitative estimate of drug-likeness (QED) is 0.781. The van der Waals surface area contributed by atoms with Gasteiger partial charge in [-0.2, -0.15) is 5.10 Å². The van der Waals surface area contributed by atoms with Crippen molar-refractivity contribution in [1.82, 2.24) is 15.1 Å². The number of aromatic nitrogens is 2. The highest BCUT2D eigenvalue weighted by Gasteiger charge is 2.19. The van der Waals surface area contributed by atoms with Crippen LogP contribution >= 0.6 is 15.9 Å². The van der Waals surface area contributed by atoms with Gasteiger partial charge >= 0.3 is 0 Å². The zero-order valence-electron chi connectivity index (χ0n) is 13.8. The Morgan fingerprint density at radius 2 is 2.05 bits per heavy atom. The van der Waals surface area contributed by atoms with Crippen LogP contribution in [0.1, 0.15) is 63.3 Å². The van der Waals surface area contributed by atoms with Gasteiger partial charge in [0, 0.05) is 19.0 Å². The van der Waals surface area contributed by atoms with Crippen molar-refractivity contribution in [3.8, 4) is 0 Å². The molecule has 1 aromatic heterocycles. The molecule has 3 nitrogen and oxygen atoms in total. The van der Waals surface area contributed by atoms with Gasteiger partial charge in [0.2, 0.25) is 0 Å². The van der Waals surface area contributed by atoms with Crippen LogP contribution in [-0.2, 0) is 13.0 Å². The number of hydrogen-bond donors (Lipinski definition) is 1. The first-order valence-electron chi connectivity index (χ1n) is 8.54. The average molecular weight is 356 g/mol. The normalized spacial score (nSPS) is 18.1. The molecule has 1 aliphatic carbocycles. The van der Waals surface area contributed by atoms with E-state index < -0.39 is 0 Å². The standard InChI is InChI=1S/C17H30BrN3/c1-4-21-16(17(18)13(2)20-21)12-15(19-3)11-10-14-8-6-5-7-9-14/h14-15,19H,4-12H2,1-3H3. The fourth-order valence-electron chi connectivity index (χ4n) is 3.56. The SMILES string of the molecule is CCn1nc(C)c(Br)c1CC(CCC1CCCCC1)NC. The third kappa shape index (κ3) is 4.56. The molecule has 0 spiro atoms. The lowest BCUT2D eigenvalue weighted by atomic mass is 9.85. The molecule has 120 valence electrons. The number of hydrogen-bond acceptors (Lipinski definition) is 2. The maximum Gasteiger partial charge on any atom is 0.0738 e. The van der Waals surface area contributed by atoms with Crippen LogP contribution in [0.2, 0.25) is 0 Å². The van der Waals surface area contributed by atoms with Crippen molar-refractivity contribution < 1.29 is 0 Å². The van der Waals surface area contributed by atoms with E-state index in [9.17, 15) is 0 Å². The third-order valence-corrected chi connectivity index (χ3v) is 5.98. The van der Waals surface area contributed by atoms with E-state index in [1.165, 1.54) is 55.1 Å². The minimum atomic E-state index is 0.560. The molecule has 0 saturated heterocycles. The van der Waals surface area contributed by atoms with Crippen LogP contribution in [0, 0.1) is 12.8 Å². The molecule has 21 heavy (non-hydrogen) atoms. The fourth-order valence-corrected chi connectivity index (χ4v) is 4.00. The van der Waals surface area contributed by atoms with Crippen molar-refractivity contribution in [2.24, 2.45) is 5.92 Å². The Kier molecular flexibility index (Phi) is 6.74. The van der Waals surface area contributed by atoms with Crippen molar-refractivity contribution in [2.75, 3.05) is 7.05 Å². The molecule has 0 aromatic carbocycles. The first-order valence-corrected chi connectivity index (χ1v) is 9.34. The van der Waals surface area contributed by atoms with E-state index in [1.54, 1.807) is 0 Å². The Balaban J connectivity index is 1.92. The predicted molar refractivity (Wildman–Crippen MR) is 92.7 cm³/mol. The molecule has 1 saturated carbocycles. The molecule has 0 radical (unpaired) electrons. The van der Waals surface area contributed by atoms with Gasteiger partial charge < -0.3 is 5.32 Å². The zero-order chi connectivity index (χ0) is 15.2. The second kappa shape index (κ2) is 8.33. The highest BCUT2D eigenvalue weighted by atomic mass is 79.9. The highest BCUT2D eigenvalue weighted by Crippen LogP contribution is 2.29. The minimum absolute atomic E-state index is 0.560. The van der Waals surface area contributed by atoms with Crippen LogP contribution in [0.5, 0.6) is 0 Å². The fraction of sp³-hybridized carbons (Fsp3) is 0.824. The summed E-state index contributed by atoms with van der Waals surface area (Å²) in [4.78, 5) is 0. The molecule has 1 N–H and O–H groups in total. The molecular weight excluding hydrogens is 326 g/mol.